The molecule has 2 aliphatic heterocycles. The maximum absolute atomic E-state index is 12.6. The van der Waals surface area contributed by atoms with Crippen molar-refractivity contribution in [3.8, 4) is 0 Å². The lowest BCUT2D eigenvalue weighted by molar-refractivity contribution is -0.259. The van der Waals surface area contributed by atoms with Crippen molar-refractivity contribution in [2.24, 2.45) is 0 Å². The number of hydrogen-bond acceptors (Lipinski definition) is 20. The lowest BCUT2D eigenvalue weighted by Crippen LogP contribution is -2.50. The molecule has 3 amide bonds. The molecule has 0 aromatic heterocycles. The number of ether oxygens (including phenoxy) is 10. The summed E-state index contributed by atoms with van der Waals surface area (Å²) in [5, 5.41) is 73.9. The minimum Gasteiger partial charge on any atom is -0.480 e. The fourth-order valence-corrected chi connectivity index (χ4v) is 5.58. The third kappa shape index (κ3) is 24.0. The smallest absolute Gasteiger partial charge is 0.322 e. The predicted molar refractivity (Wildman–Crippen MR) is 201 cm³/mol. The topological polar surface area (TPSA) is 338 Å². The molecule has 9 unspecified atom stereocenters. The summed E-state index contributed by atoms with van der Waals surface area (Å²) in [6.45, 7) is 0.572. The summed E-state index contributed by atoms with van der Waals surface area (Å²) in [4.78, 5) is 48.0. The highest BCUT2D eigenvalue weighted by Gasteiger charge is 2.37. The van der Waals surface area contributed by atoms with Crippen LogP contribution in [0.1, 0.15) is 32.1 Å². The highest BCUT2D eigenvalue weighted by atomic mass is 16.7. The number of aliphatic hydroxyl groups is 6. The largest absolute Gasteiger partial charge is 0.480 e. The molecule has 0 bridgehead atoms. The number of nitrogens with one attached hydrogen (secondary N) is 3. The first-order chi connectivity index (χ1) is 28.9. The van der Waals surface area contributed by atoms with Crippen LogP contribution in [0.4, 0.5) is 0 Å². The van der Waals surface area contributed by atoms with Crippen LogP contribution in [0, 0.1) is 0 Å². The number of amides is 3. The van der Waals surface area contributed by atoms with E-state index in [1.165, 1.54) is 0 Å². The lowest BCUT2D eigenvalue weighted by atomic mass is 10.0. The molecular weight excluding hydrogens is 810 g/mol. The molecule has 0 aliphatic carbocycles. The Morgan fingerprint density at radius 2 is 1.02 bits per heavy atom. The zero-order valence-electron chi connectivity index (χ0n) is 33.8. The molecule has 2 aliphatic rings. The molecule has 2 heterocycles. The van der Waals surface area contributed by atoms with Gasteiger partial charge < -0.3 is 99.1 Å². The van der Waals surface area contributed by atoms with Crippen molar-refractivity contribution < 1.29 is 102 Å². The van der Waals surface area contributed by atoms with Crippen molar-refractivity contribution >= 4 is 23.7 Å². The Morgan fingerprint density at radius 3 is 1.47 bits per heavy atom. The molecule has 0 aromatic carbocycles. The number of unbranched alkanes of at least 4 members (excludes halogenated alkanes) is 1. The van der Waals surface area contributed by atoms with Gasteiger partial charge in [-0.15, -0.1) is 0 Å². The van der Waals surface area contributed by atoms with Crippen LogP contribution in [0.25, 0.3) is 0 Å². The fraction of sp³-hybridized carbons (Fsp3) is 0.889. The average molecular weight is 876 g/mol. The zero-order chi connectivity index (χ0) is 44.0. The third-order valence-electron chi connectivity index (χ3n) is 8.76. The molecule has 0 saturated carbocycles. The Labute approximate surface area is 347 Å². The monoisotopic (exact) mass is 875 g/mol. The number of carbonyl (C=O) groups is 4. The molecule has 2 saturated heterocycles. The predicted octanol–water partition coefficient (Wildman–Crippen LogP) is -5.25. The lowest BCUT2D eigenvalue weighted by Gasteiger charge is -2.35. The van der Waals surface area contributed by atoms with Crippen molar-refractivity contribution in [3.63, 3.8) is 0 Å². The van der Waals surface area contributed by atoms with Gasteiger partial charge in [-0.2, -0.15) is 0 Å². The fourth-order valence-electron chi connectivity index (χ4n) is 5.58. The van der Waals surface area contributed by atoms with Gasteiger partial charge >= 0.3 is 5.97 Å². The number of carboxylic acid groups (broad SMARTS) is 1. The SMILES string of the molecule is O=C(O)CNC(=O)C(CCCCNC(=O)COCCOCCOCCOC1CC(O)C(O)C(CO)O1)NC(=O)COCCOCCOCCOC1CC(O)C(O)C(CO)O1. The first-order valence-corrected chi connectivity index (χ1v) is 19.9. The van der Waals surface area contributed by atoms with Crippen LogP contribution in [0.15, 0.2) is 0 Å². The molecule has 0 aromatic rings. The standard InChI is InChI=1S/C36H65N3O21/c40-20-27-34(48)25(42)17-32(59-27)57-15-13-53-7-5-51-9-11-55-22-29(44)37-4-2-1-3-24(36(50)38-19-31(46)47)39-30(45)23-56-12-10-52-6-8-54-14-16-58-33-18-26(43)35(49)28(21-41)60-33/h24-28,32-35,40-43,48-49H,1-23H2,(H,37,44)(H,38,50)(H,39,45)(H,46,47). The second-order valence-electron chi connectivity index (χ2n) is 13.5. The highest BCUT2D eigenvalue weighted by Crippen LogP contribution is 2.22. The van der Waals surface area contributed by atoms with E-state index in [0.717, 1.165) is 0 Å². The number of aliphatic hydroxyl groups excluding tert-OH is 6. The summed E-state index contributed by atoms with van der Waals surface area (Å²) in [7, 11) is 0. The van der Waals surface area contributed by atoms with Gasteiger partial charge in [0.05, 0.1) is 105 Å². The number of hydrogen-bond donors (Lipinski definition) is 10. The normalized spacial score (nSPS) is 24.8. The van der Waals surface area contributed by atoms with E-state index in [4.69, 9.17) is 52.5 Å². The number of rotatable bonds is 35. The molecule has 0 spiro atoms. The molecule has 9 atom stereocenters. The Hall–Kier alpha value is -2.76. The Kier molecular flexibility index (Phi) is 29.3. The van der Waals surface area contributed by atoms with Gasteiger partial charge in [0.2, 0.25) is 17.7 Å². The van der Waals surface area contributed by atoms with Crippen molar-refractivity contribution in [2.45, 2.75) is 87.3 Å². The molecular formula is C36H65N3O21. The van der Waals surface area contributed by atoms with E-state index in [1.54, 1.807) is 0 Å². The zero-order valence-corrected chi connectivity index (χ0v) is 33.8. The van der Waals surface area contributed by atoms with Gasteiger partial charge in [-0.25, -0.2) is 0 Å². The second kappa shape index (κ2) is 32.9. The van der Waals surface area contributed by atoms with E-state index in [0.29, 0.717) is 12.8 Å². The van der Waals surface area contributed by atoms with Crippen LogP contribution in [-0.2, 0) is 66.5 Å². The van der Waals surface area contributed by atoms with Crippen LogP contribution in [0.2, 0.25) is 0 Å². The van der Waals surface area contributed by atoms with E-state index in [2.05, 4.69) is 16.0 Å². The van der Waals surface area contributed by atoms with Gasteiger partial charge in [0.1, 0.15) is 50.2 Å². The van der Waals surface area contributed by atoms with Crippen molar-refractivity contribution in [3.05, 3.63) is 0 Å². The van der Waals surface area contributed by atoms with Crippen LogP contribution in [0.5, 0.6) is 0 Å². The summed E-state index contributed by atoms with van der Waals surface area (Å²) in [5.41, 5.74) is 0. The summed E-state index contributed by atoms with van der Waals surface area (Å²) < 4.78 is 53.8. The van der Waals surface area contributed by atoms with Crippen LogP contribution < -0.4 is 16.0 Å². The van der Waals surface area contributed by atoms with E-state index in [1.807, 2.05) is 0 Å². The summed E-state index contributed by atoms with van der Waals surface area (Å²) in [6.07, 6.45) is -6.70. The average Bonchev–Trinajstić information content (AvgIpc) is 3.22. The maximum Gasteiger partial charge on any atom is 0.322 e. The van der Waals surface area contributed by atoms with Gasteiger partial charge in [-0.05, 0) is 19.3 Å². The van der Waals surface area contributed by atoms with Crippen molar-refractivity contribution in [1.82, 2.24) is 16.0 Å². The van der Waals surface area contributed by atoms with Crippen LogP contribution >= 0.6 is 0 Å². The first kappa shape index (κ1) is 53.4. The Balaban J connectivity index is 1.45. The third-order valence-corrected chi connectivity index (χ3v) is 8.76. The van der Waals surface area contributed by atoms with Gasteiger partial charge in [-0.1, -0.05) is 0 Å². The van der Waals surface area contributed by atoms with Gasteiger partial charge in [0, 0.05) is 19.4 Å². The summed E-state index contributed by atoms with van der Waals surface area (Å²) in [6, 6.07) is -1.03. The Morgan fingerprint density at radius 1 is 0.583 bits per heavy atom. The maximum atomic E-state index is 12.6. The van der Waals surface area contributed by atoms with Crippen LogP contribution in [0.3, 0.4) is 0 Å². The number of carbonyl (C=O) groups excluding carboxylic acids is 3. The number of aliphatic carboxylic acids is 1. The molecule has 2 rings (SSSR count). The van der Waals surface area contributed by atoms with E-state index in [-0.39, 0.29) is 124 Å². The second-order valence-corrected chi connectivity index (χ2v) is 13.5. The summed E-state index contributed by atoms with van der Waals surface area (Å²) in [5.74, 6) is -2.88. The summed E-state index contributed by atoms with van der Waals surface area (Å²) >= 11 is 0. The minimum absolute atomic E-state index is 0.0607. The molecule has 2 fully saturated rings. The molecule has 60 heavy (non-hydrogen) atoms. The molecule has 10 N–H and O–H groups in total. The van der Waals surface area contributed by atoms with Gasteiger partial charge in [-0.3, -0.25) is 19.2 Å². The molecule has 24 nitrogen and oxygen atoms in total. The van der Waals surface area contributed by atoms with Crippen molar-refractivity contribution in [1.29, 1.82) is 0 Å². The Bertz CT molecular complexity index is 1180. The highest BCUT2D eigenvalue weighted by molar-refractivity contribution is 5.89. The molecule has 24 heteroatoms. The van der Waals surface area contributed by atoms with E-state index >= 15 is 0 Å². The van der Waals surface area contributed by atoms with Crippen LogP contribution in [-0.4, -0.2) is 233 Å². The molecule has 0 radical (unpaired) electrons. The number of carboxylic acids is 1. The molecule has 350 valence electrons. The minimum atomic E-state index is -1.25. The first-order valence-electron chi connectivity index (χ1n) is 19.9. The van der Waals surface area contributed by atoms with Gasteiger partial charge in [0.25, 0.3) is 0 Å². The van der Waals surface area contributed by atoms with Crippen molar-refractivity contribution in [2.75, 3.05) is 119 Å². The van der Waals surface area contributed by atoms with E-state index < -0.39 is 92.8 Å². The quantitative estimate of drug-likeness (QED) is 0.0266. The van der Waals surface area contributed by atoms with E-state index in [9.17, 15) is 49.8 Å². The van der Waals surface area contributed by atoms with Gasteiger partial charge in [0.15, 0.2) is 12.6 Å².